The summed E-state index contributed by atoms with van der Waals surface area (Å²) in [6.07, 6.45) is 1.80. The summed E-state index contributed by atoms with van der Waals surface area (Å²) in [5.74, 6) is 2.00. The van der Waals surface area contributed by atoms with Crippen molar-refractivity contribution in [3.63, 3.8) is 0 Å². The van der Waals surface area contributed by atoms with Crippen LogP contribution < -0.4 is 15.9 Å². The third kappa shape index (κ3) is 4.02. The quantitative estimate of drug-likeness (QED) is 0.691. The first-order valence-corrected chi connectivity index (χ1v) is 10.6. The van der Waals surface area contributed by atoms with Gasteiger partial charge in [-0.3, -0.25) is 9.20 Å². The van der Waals surface area contributed by atoms with Crippen LogP contribution in [-0.2, 0) is 11.3 Å². The molecule has 3 heterocycles. The van der Waals surface area contributed by atoms with Crippen LogP contribution in [0.25, 0.3) is 5.65 Å². The molecule has 0 saturated carbocycles. The van der Waals surface area contributed by atoms with E-state index >= 15 is 0 Å². The van der Waals surface area contributed by atoms with E-state index in [1.165, 1.54) is 9.08 Å². The fraction of sp³-hybridized carbons (Fsp3) is 0.316. The molecule has 0 unspecified atom stereocenters. The van der Waals surface area contributed by atoms with Gasteiger partial charge in [0.2, 0.25) is 5.91 Å². The van der Waals surface area contributed by atoms with Gasteiger partial charge in [-0.05, 0) is 30.3 Å². The standard InChI is InChI=1S/C19H20ClN5O2S/c20-15-13-14(4-5-16(15)23-9-11-28-12-10-23)21-18(26)6-8-25-19(27)24-7-2-1-3-17(24)22-25/h1-5,7,13H,6,8-12H2,(H,21,26). The average Bonchev–Trinajstić information content (AvgIpc) is 3.03. The second kappa shape index (κ2) is 8.28. The van der Waals surface area contributed by atoms with Crippen molar-refractivity contribution in [3.8, 4) is 0 Å². The fourth-order valence-corrected chi connectivity index (χ4v) is 4.39. The summed E-state index contributed by atoms with van der Waals surface area (Å²) in [5, 5.41) is 7.69. The van der Waals surface area contributed by atoms with Crippen LogP contribution in [0.2, 0.25) is 5.02 Å². The van der Waals surface area contributed by atoms with E-state index in [1.807, 2.05) is 30.0 Å². The molecular weight excluding hydrogens is 398 g/mol. The molecule has 1 saturated heterocycles. The zero-order valence-corrected chi connectivity index (χ0v) is 16.7. The average molecular weight is 418 g/mol. The molecule has 28 heavy (non-hydrogen) atoms. The van der Waals surface area contributed by atoms with Gasteiger partial charge < -0.3 is 10.2 Å². The molecule has 0 aliphatic carbocycles. The molecule has 146 valence electrons. The van der Waals surface area contributed by atoms with E-state index in [0.717, 1.165) is 30.3 Å². The molecule has 2 aromatic heterocycles. The number of amides is 1. The van der Waals surface area contributed by atoms with Crippen molar-refractivity contribution in [2.75, 3.05) is 34.8 Å². The summed E-state index contributed by atoms with van der Waals surface area (Å²) in [5.41, 5.74) is 1.95. The number of pyridine rings is 1. The highest BCUT2D eigenvalue weighted by molar-refractivity contribution is 7.99. The van der Waals surface area contributed by atoms with Crippen LogP contribution in [0.15, 0.2) is 47.4 Å². The number of anilines is 2. The van der Waals surface area contributed by atoms with Gasteiger partial charge in [-0.15, -0.1) is 5.10 Å². The summed E-state index contributed by atoms with van der Waals surface area (Å²) < 4.78 is 2.76. The van der Waals surface area contributed by atoms with Gasteiger partial charge in [0.15, 0.2) is 5.65 Å². The molecule has 1 fully saturated rings. The molecule has 4 rings (SSSR count). The topological polar surface area (TPSA) is 71.6 Å². The minimum Gasteiger partial charge on any atom is -0.369 e. The maximum Gasteiger partial charge on any atom is 0.350 e. The fourth-order valence-electron chi connectivity index (χ4n) is 3.19. The second-order valence-corrected chi connectivity index (χ2v) is 8.13. The van der Waals surface area contributed by atoms with E-state index in [9.17, 15) is 9.59 Å². The predicted octanol–water partition coefficient (Wildman–Crippen LogP) is 2.73. The number of hydrogen-bond donors (Lipinski definition) is 1. The number of fused-ring (bicyclic) bond motifs is 1. The predicted molar refractivity (Wildman–Crippen MR) is 114 cm³/mol. The van der Waals surface area contributed by atoms with Crippen LogP contribution in [0, 0.1) is 0 Å². The van der Waals surface area contributed by atoms with Gasteiger partial charge >= 0.3 is 5.69 Å². The molecule has 0 radical (unpaired) electrons. The molecule has 1 aromatic carbocycles. The zero-order valence-electron chi connectivity index (χ0n) is 15.2. The lowest BCUT2D eigenvalue weighted by atomic mass is 10.2. The molecule has 1 amide bonds. The second-order valence-electron chi connectivity index (χ2n) is 6.50. The number of carbonyl (C=O) groups is 1. The van der Waals surface area contributed by atoms with E-state index < -0.39 is 0 Å². The van der Waals surface area contributed by atoms with Crippen LogP contribution in [0.5, 0.6) is 0 Å². The third-order valence-corrected chi connectivity index (χ3v) is 5.87. The van der Waals surface area contributed by atoms with E-state index in [-0.39, 0.29) is 24.6 Å². The molecule has 3 aromatic rings. The Balaban J connectivity index is 1.38. The van der Waals surface area contributed by atoms with Crippen molar-refractivity contribution in [1.82, 2.24) is 14.2 Å². The third-order valence-electron chi connectivity index (χ3n) is 4.62. The Kier molecular flexibility index (Phi) is 5.59. The van der Waals surface area contributed by atoms with E-state index in [2.05, 4.69) is 15.3 Å². The molecule has 1 aliphatic heterocycles. The Bertz CT molecular complexity index is 1060. The van der Waals surface area contributed by atoms with E-state index in [0.29, 0.717) is 16.4 Å². The van der Waals surface area contributed by atoms with Gasteiger partial charge in [0.1, 0.15) is 0 Å². The van der Waals surface area contributed by atoms with Crippen molar-refractivity contribution in [3.05, 3.63) is 58.1 Å². The van der Waals surface area contributed by atoms with Crippen molar-refractivity contribution in [1.29, 1.82) is 0 Å². The maximum atomic E-state index is 12.3. The highest BCUT2D eigenvalue weighted by Crippen LogP contribution is 2.30. The first-order chi connectivity index (χ1) is 13.6. The minimum atomic E-state index is -0.254. The molecule has 0 bridgehead atoms. The molecule has 0 spiro atoms. The normalized spacial score (nSPS) is 14.4. The first kappa shape index (κ1) is 18.9. The Labute approximate surface area is 171 Å². The van der Waals surface area contributed by atoms with Crippen molar-refractivity contribution < 1.29 is 4.79 Å². The van der Waals surface area contributed by atoms with Crippen molar-refractivity contribution in [2.45, 2.75) is 13.0 Å². The van der Waals surface area contributed by atoms with Crippen LogP contribution >= 0.6 is 23.4 Å². The molecule has 9 heteroatoms. The number of nitrogens with one attached hydrogen (secondary N) is 1. The SMILES string of the molecule is O=C(CCn1nc2ccccn2c1=O)Nc1ccc(N2CCSCC2)c(Cl)c1. The number of aryl methyl sites for hydroxylation is 1. The number of hydrogen-bond acceptors (Lipinski definition) is 5. The summed E-state index contributed by atoms with van der Waals surface area (Å²) in [6, 6.07) is 10.9. The van der Waals surface area contributed by atoms with Gasteiger partial charge in [0.05, 0.1) is 17.3 Å². The Hall–Kier alpha value is -2.45. The van der Waals surface area contributed by atoms with Gasteiger partial charge in [0, 0.05) is 42.9 Å². The zero-order chi connectivity index (χ0) is 19.5. The molecular formula is C19H20ClN5O2S. The number of carbonyl (C=O) groups excluding carboxylic acids is 1. The number of halogens is 1. The lowest BCUT2D eigenvalue weighted by Crippen LogP contribution is -2.32. The minimum absolute atomic E-state index is 0.145. The number of nitrogens with zero attached hydrogens (tertiary/aromatic N) is 4. The summed E-state index contributed by atoms with van der Waals surface area (Å²) in [6.45, 7) is 2.16. The van der Waals surface area contributed by atoms with E-state index in [1.54, 1.807) is 24.4 Å². The molecule has 1 N–H and O–H groups in total. The van der Waals surface area contributed by atoms with Crippen LogP contribution in [0.4, 0.5) is 11.4 Å². The summed E-state index contributed by atoms with van der Waals surface area (Å²) >= 11 is 8.37. The highest BCUT2D eigenvalue weighted by Gasteiger charge is 2.15. The first-order valence-electron chi connectivity index (χ1n) is 9.08. The van der Waals surface area contributed by atoms with Crippen LogP contribution in [-0.4, -0.2) is 44.7 Å². The summed E-state index contributed by atoms with van der Waals surface area (Å²) in [7, 11) is 0. The lowest BCUT2D eigenvalue weighted by Gasteiger charge is -2.29. The number of thioether (sulfide) groups is 1. The Morgan fingerprint density at radius 3 is 2.79 bits per heavy atom. The van der Waals surface area contributed by atoms with Crippen molar-refractivity contribution in [2.24, 2.45) is 0 Å². The van der Waals surface area contributed by atoms with Crippen LogP contribution in [0.3, 0.4) is 0 Å². The van der Waals surface area contributed by atoms with Gasteiger partial charge in [0.25, 0.3) is 0 Å². The monoisotopic (exact) mass is 417 g/mol. The molecule has 0 atom stereocenters. The Morgan fingerprint density at radius 1 is 1.21 bits per heavy atom. The van der Waals surface area contributed by atoms with Crippen LogP contribution in [0.1, 0.15) is 6.42 Å². The summed E-state index contributed by atoms with van der Waals surface area (Å²) in [4.78, 5) is 26.8. The largest absolute Gasteiger partial charge is 0.369 e. The number of rotatable bonds is 5. The number of aromatic nitrogens is 3. The molecule has 1 aliphatic rings. The van der Waals surface area contributed by atoms with E-state index in [4.69, 9.17) is 11.6 Å². The van der Waals surface area contributed by atoms with Crippen molar-refractivity contribution >= 4 is 46.3 Å². The number of benzene rings is 1. The molecule has 7 nitrogen and oxygen atoms in total. The van der Waals surface area contributed by atoms with Gasteiger partial charge in [-0.1, -0.05) is 17.7 Å². The van der Waals surface area contributed by atoms with Gasteiger partial charge in [-0.2, -0.15) is 11.8 Å². The smallest absolute Gasteiger partial charge is 0.350 e. The Morgan fingerprint density at radius 2 is 2.04 bits per heavy atom. The van der Waals surface area contributed by atoms with Gasteiger partial charge in [-0.25, -0.2) is 9.48 Å². The highest BCUT2D eigenvalue weighted by atomic mass is 35.5. The lowest BCUT2D eigenvalue weighted by molar-refractivity contribution is -0.116. The maximum absolute atomic E-state index is 12.3.